The van der Waals surface area contributed by atoms with Crippen molar-refractivity contribution in [3.63, 3.8) is 0 Å². The molecule has 1 aromatic carbocycles. The molecule has 0 aliphatic heterocycles. The molecule has 0 aliphatic carbocycles. The maximum absolute atomic E-state index is 11.7. The van der Waals surface area contributed by atoms with Crippen LogP contribution in [0.4, 0.5) is 0 Å². The summed E-state index contributed by atoms with van der Waals surface area (Å²) in [4.78, 5) is 22.6. The molecule has 1 amide bonds. The van der Waals surface area contributed by atoms with Crippen LogP contribution in [0.5, 0.6) is 5.75 Å². The van der Waals surface area contributed by atoms with Gasteiger partial charge in [0.2, 0.25) is 0 Å². The lowest BCUT2D eigenvalue weighted by atomic mass is 10.0. The highest BCUT2D eigenvalue weighted by Crippen LogP contribution is 2.10. The number of hydrogen-bond acceptors (Lipinski definition) is 3. The zero-order chi connectivity index (χ0) is 13.0. The molecule has 1 atom stereocenters. The van der Waals surface area contributed by atoms with Crippen LogP contribution in [0.3, 0.4) is 0 Å². The van der Waals surface area contributed by atoms with E-state index in [-0.39, 0.29) is 11.7 Å². The molecule has 1 unspecified atom stereocenters. The number of aliphatic carboxylic acids is 1. The largest absolute Gasteiger partial charge is 0.508 e. The number of carbonyl (C=O) groups is 2. The third-order valence-corrected chi connectivity index (χ3v) is 2.35. The number of carboxylic acid groups (broad SMARTS) is 1. The summed E-state index contributed by atoms with van der Waals surface area (Å²) < 4.78 is 0. The second-order valence-electron chi connectivity index (χ2n) is 4.08. The highest BCUT2D eigenvalue weighted by atomic mass is 16.4. The third kappa shape index (κ3) is 3.48. The zero-order valence-electron chi connectivity index (χ0n) is 9.68. The predicted octanol–water partition coefficient (Wildman–Crippen LogP) is 1.23. The Morgan fingerprint density at radius 1 is 1.18 bits per heavy atom. The Hall–Kier alpha value is -2.04. The Balaban J connectivity index is 2.77. The fourth-order valence-corrected chi connectivity index (χ4v) is 1.35. The molecular weight excluding hydrogens is 222 g/mol. The number of phenolic OH excluding ortho intramolecular Hbond substituents is 1. The van der Waals surface area contributed by atoms with Gasteiger partial charge in [-0.25, -0.2) is 4.79 Å². The van der Waals surface area contributed by atoms with Crippen molar-refractivity contribution >= 4 is 11.9 Å². The van der Waals surface area contributed by atoms with Crippen molar-refractivity contribution in [2.24, 2.45) is 5.92 Å². The SMILES string of the molecule is CC(C)C(NC(=O)c1ccc(O)cc1)C(=O)O. The van der Waals surface area contributed by atoms with Crippen LogP contribution in [0, 0.1) is 5.92 Å². The number of nitrogens with one attached hydrogen (secondary N) is 1. The van der Waals surface area contributed by atoms with E-state index in [0.29, 0.717) is 5.56 Å². The molecule has 0 spiro atoms. The van der Waals surface area contributed by atoms with Crippen molar-refractivity contribution in [3.05, 3.63) is 29.8 Å². The molecule has 1 aromatic rings. The van der Waals surface area contributed by atoms with Crippen LogP contribution < -0.4 is 5.32 Å². The molecule has 0 saturated heterocycles. The Morgan fingerprint density at radius 3 is 2.12 bits per heavy atom. The van der Waals surface area contributed by atoms with Gasteiger partial charge in [-0.05, 0) is 30.2 Å². The minimum Gasteiger partial charge on any atom is -0.508 e. The monoisotopic (exact) mass is 237 g/mol. The number of rotatable bonds is 4. The molecule has 5 heteroatoms. The fourth-order valence-electron chi connectivity index (χ4n) is 1.35. The number of phenols is 1. The van der Waals surface area contributed by atoms with Gasteiger partial charge >= 0.3 is 5.97 Å². The lowest BCUT2D eigenvalue weighted by molar-refractivity contribution is -0.140. The summed E-state index contributed by atoms with van der Waals surface area (Å²) in [5.74, 6) is -1.67. The lowest BCUT2D eigenvalue weighted by Crippen LogP contribution is -2.44. The Morgan fingerprint density at radius 2 is 1.71 bits per heavy atom. The molecule has 1 rings (SSSR count). The average molecular weight is 237 g/mol. The first-order valence-corrected chi connectivity index (χ1v) is 5.24. The van der Waals surface area contributed by atoms with E-state index in [2.05, 4.69) is 5.32 Å². The maximum Gasteiger partial charge on any atom is 0.326 e. The summed E-state index contributed by atoms with van der Waals surface area (Å²) in [5, 5.41) is 20.4. The first kappa shape index (κ1) is 13.0. The molecule has 17 heavy (non-hydrogen) atoms. The Labute approximate surface area is 99.1 Å². The van der Waals surface area contributed by atoms with Gasteiger partial charge in [0, 0.05) is 5.56 Å². The topological polar surface area (TPSA) is 86.6 Å². The van der Waals surface area contributed by atoms with E-state index in [1.807, 2.05) is 0 Å². The molecule has 0 radical (unpaired) electrons. The molecular formula is C12H15NO4. The molecule has 0 bridgehead atoms. The molecule has 3 N–H and O–H groups in total. The molecule has 0 saturated carbocycles. The van der Waals surface area contributed by atoms with E-state index in [1.54, 1.807) is 13.8 Å². The molecule has 5 nitrogen and oxygen atoms in total. The Kier molecular flexibility index (Phi) is 4.09. The zero-order valence-corrected chi connectivity index (χ0v) is 9.68. The smallest absolute Gasteiger partial charge is 0.326 e. The van der Waals surface area contributed by atoms with E-state index < -0.39 is 17.9 Å². The predicted molar refractivity (Wildman–Crippen MR) is 61.8 cm³/mol. The average Bonchev–Trinajstić information content (AvgIpc) is 2.25. The normalized spacial score (nSPS) is 12.2. The van der Waals surface area contributed by atoms with Gasteiger partial charge in [-0.1, -0.05) is 13.8 Å². The van der Waals surface area contributed by atoms with Crippen molar-refractivity contribution in [2.45, 2.75) is 19.9 Å². The van der Waals surface area contributed by atoms with Crippen molar-refractivity contribution in [1.82, 2.24) is 5.32 Å². The highest BCUT2D eigenvalue weighted by Gasteiger charge is 2.23. The summed E-state index contributed by atoms with van der Waals surface area (Å²) >= 11 is 0. The number of benzene rings is 1. The number of carbonyl (C=O) groups excluding carboxylic acids is 1. The quantitative estimate of drug-likeness (QED) is 0.735. The standard InChI is InChI=1S/C12H15NO4/c1-7(2)10(12(16)17)13-11(15)8-3-5-9(14)6-4-8/h3-7,10,14H,1-2H3,(H,13,15)(H,16,17). The summed E-state index contributed by atoms with van der Waals surface area (Å²) in [6, 6.07) is 4.70. The van der Waals surface area contributed by atoms with Crippen LogP contribution in [-0.2, 0) is 4.79 Å². The van der Waals surface area contributed by atoms with Crippen LogP contribution in [0.2, 0.25) is 0 Å². The van der Waals surface area contributed by atoms with Gasteiger partial charge in [0.05, 0.1) is 0 Å². The van der Waals surface area contributed by atoms with Crippen LogP contribution in [0.15, 0.2) is 24.3 Å². The highest BCUT2D eigenvalue weighted by molar-refractivity contribution is 5.96. The van der Waals surface area contributed by atoms with E-state index in [4.69, 9.17) is 10.2 Å². The molecule has 0 aromatic heterocycles. The summed E-state index contributed by atoms with van der Waals surface area (Å²) in [6.07, 6.45) is 0. The number of carboxylic acids is 1. The van der Waals surface area contributed by atoms with Gasteiger partial charge in [-0.3, -0.25) is 4.79 Å². The van der Waals surface area contributed by atoms with Gasteiger partial charge < -0.3 is 15.5 Å². The third-order valence-electron chi connectivity index (χ3n) is 2.35. The first-order chi connectivity index (χ1) is 7.91. The maximum atomic E-state index is 11.7. The molecule has 0 fully saturated rings. The van der Waals surface area contributed by atoms with Crippen LogP contribution in [0.25, 0.3) is 0 Å². The van der Waals surface area contributed by atoms with Gasteiger partial charge in [-0.15, -0.1) is 0 Å². The van der Waals surface area contributed by atoms with Crippen molar-refractivity contribution in [3.8, 4) is 5.75 Å². The van der Waals surface area contributed by atoms with E-state index in [0.717, 1.165) is 0 Å². The molecule has 0 aliphatic rings. The van der Waals surface area contributed by atoms with Crippen molar-refractivity contribution < 1.29 is 19.8 Å². The van der Waals surface area contributed by atoms with Crippen LogP contribution in [0.1, 0.15) is 24.2 Å². The molecule has 0 heterocycles. The van der Waals surface area contributed by atoms with Gasteiger partial charge in [-0.2, -0.15) is 0 Å². The molecule has 92 valence electrons. The minimum atomic E-state index is -1.06. The minimum absolute atomic E-state index is 0.0557. The van der Waals surface area contributed by atoms with E-state index in [1.165, 1.54) is 24.3 Å². The van der Waals surface area contributed by atoms with E-state index in [9.17, 15) is 9.59 Å². The van der Waals surface area contributed by atoms with Gasteiger partial charge in [0.15, 0.2) is 0 Å². The number of amides is 1. The summed E-state index contributed by atoms with van der Waals surface area (Å²) in [7, 11) is 0. The van der Waals surface area contributed by atoms with E-state index >= 15 is 0 Å². The van der Waals surface area contributed by atoms with Crippen LogP contribution >= 0.6 is 0 Å². The Bertz CT molecular complexity index is 411. The fraction of sp³-hybridized carbons (Fsp3) is 0.333. The number of aromatic hydroxyl groups is 1. The second-order valence-corrected chi connectivity index (χ2v) is 4.08. The van der Waals surface area contributed by atoms with Crippen LogP contribution in [-0.4, -0.2) is 28.1 Å². The van der Waals surface area contributed by atoms with Crippen molar-refractivity contribution in [1.29, 1.82) is 0 Å². The first-order valence-electron chi connectivity index (χ1n) is 5.24. The second kappa shape index (κ2) is 5.34. The lowest BCUT2D eigenvalue weighted by Gasteiger charge is -2.17. The number of hydrogen-bond donors (Lipinski definition) is 3. The van der Waals surface area contributed by atoms with Crippen molar-refractivity contribution in [2.75, 3.05) is 0 Å². The van der Waals surface area contributed by atoms with Gasteiger partial charge in [0.1, 0.15) is 11.8 Å². The summed E-state index contributed by atoms with van der Waals surface area (Å²) in [5.41, 5.74) is 0.315. The van der Waals surface area contributed by atoms with Gasteiger partial charge in [0.25, 0.3) is 5.91 Å². The summed E-state index contributed by atoms with van der Waals surface area (Å²) in [6.45, 7) is 3.44.